The Hall–Kier alpha value is -4.21. The Kier molecular flexibility index (Phi) is 6.07. The van der Waals surface area contributed by atoms with Gasteiger partial charge in [-0.05, 0) is 60.5 Å². The van der Waals surface area contributed by atoms with Gasteiger partial charge in [-0.2, -0.15) is 5.26 Å². The van der Waals surface area contributed by atoms with Crippen molar-refractivity contribution in [2.45, 2.75) is 13.0 Å². The first-order valence-electron chi connectivity index (χ1n) is 10.1. The number of nitrogens with zero attached hydrogens (tertiary/aromatic N) is 2. The second-order valence-electron chi connectivity index (χ2n) is 7.38. The zero-order valence-electron chi connectivity index (χ0n) is 17.5. The van der Waals surface area contributed by atoms with Crippen molar-refractivity contribution in [3.8, 4) is 11.8 Å². The van der Waals surface area contributed by atoms with E-state index in [1.54, 1.807) is 78.9 Å². The van der Waals surface area contributed by atoms with Crippen LogP contribution in [-0.2, 0) is 4.79 Å². The number of nitriles is 1. The second kappa shape index (κ2) is 9.11. The van der Waals surface area contributed by atoms with Crippen LogP contribution in [0.15, 0.2) is 72.8 Å². The summed E-state index contributed by atoms with van der Waals surface area (Å²) in [5.41, 5.74) is 2.20. The topological polar surface area (TPSA) is 87.5 Å². The molecule has 0 radical (unpaired) electrons. The van der Waals surface area contributed by atoms with E-state index in [2.05, 4.69) is 6.07 Å². The lowest BCUT2D eigenvalue weighted by molar-refractivity contribution is -0.138. The Morgan fingerprint density at radius 1 is 1.00 bits per heavy atom. The molecular weight excluding hydrogens is 440 g/mol. The average Bonchev–Trinajstić information content (AvgIpc) is 3.07. The van der Waals surface area contributed by atoms with Gasteiger partial charge < -0.3 is 4.74 Å². The van der Waals surface area contributed by atoms with Gasteiger partial charge in [0.15, 0.2) is 0 Å². The zero-order valence-corrected chi connectivity index (χ0v) is 18.2. The van der Waals surface area contributed by atoms with Gasteiger partial charge in [0.25, 0.3) is 11.8 Å². The average molecular weight is 457 g/mol. The smallest absolute Gasteiger partial charge is 0.334 e. The quantitative estimate of drug-likeness (QED) is 0.177. The van der Waals surface area contributed by atoms with E-state index >= 15 is 0 Å². The Labute approximate surface area is 195 Å². The van der Waals surface area contributed by atoms with Crippen molar-refractivity contribution in [3.05, 3.63) is 100 Å². The minimum Gasteiger partial charge on any atom is -0.425 e. The van der Waals surface area contributed by atoms with Crippen LogP contribution in [0.4, 0.5) is 0 Å². The monoisotopic (exact) mass is 456 g/mol. The zero-order chi connectivity index (χ0) is 23.5. The molecule has 0 spiro atoms. The molecule has 1 atom stereocenters. The van der Waals surface area contributed by atoms with Crippen LogP contribution in [0.1, 0.15) is 38.8 Å². The first kappa shape index (κ1) is 22.0. The number of rotatable bonds is 5. The maximum Gasteiger partial charge on any atom is 0.334 e. The number of benzene rings is 3. The Balaban J connectivity index is 1.53. The van der Waals surface area contributed by atoms with Gasteiger partial charge in [0.1, 0.15) is 11.8 Å². The van der Waals surface area contributed by atoms with Gasteiger partial charge in [-0.25, -0.2) is 4.79 Å². The van der Waals surface area contributed by atoms with Crippen molar-refractivity contribution >= 4 is 41.0 Å². The van der Waals surface area contributed by atoms with Gasteiger partial charge in [0.05, 0.1) is 22.8 Å². The summed E-state index contributed by atoms with van der Waals surface area (Å²) in [5.74, 6) is -1.59. The minimum absolute atomic E-state index is 0.223. The molecule has 3 aromatic carbocycles. The van der Waals surface area contributed by atoms with E-state index in [4.69, 9.17) is 16.3 Å². The number of carbonyl (C=O) groups is 3. The van der Waals surface area contributed by atoms with Crippen LogP contribution in [0.5, 0.6) is 5.75 Å². The molecule has 7 heteroatoms. The predicted molar refractivity (Wildman–Crippen MR) is 123 cm³/mol. The van der Waals surface area contributed by atoms with Gasteiger partial charge >= 0.3 is 5.97 Å². The molecule has 1 heterocycles. The van der Waals surface area contributed by atoms with Crippen molar-refractivity contribution in [2.24, 2.45) is 0 Å². The van der Waals surface area contributed by atoms with Crippen LogP contribution < -0.4 is 4.74 Å². The molecule has 0 N–H and O–H groups in total. The summed E-state index contributed by atoms with van der Waals surface area (Å²) in [4.78, 5) is 38.9. The van der Waals surface area contributed by atoms with E-state index in [-0.39, 0.29) is 16.9 Å². The van der Waals surface area contributed by atoms with Crippen molar-refractivity contribution in [1.29, 1.82) is 5.26 Å². The number of hydrogen-bond donors (Lipinski definition) is 0. The molecule has 0 saturated heterocycles. The van der Waals surface area contributed by atoms with Crippen molar-refractivity contribution in [2.75, 3.05) is 0 Å². The fourth-order valence-corrected chi connectivity index (χ4v) is 3.73. The molecule has 1 unspecified atom stereocenters. The Morgan fingerprint density at radius 2 is 1.67 bits per heavy atom. The minimum atomic E-state index is -1.11. The number of halogens is 1. The fraction of sp³-hybridized carbons (Fsp3) is 0.0769. The van der Waals surface area contributed by atoms with E-state index in [9.17, 15) is 19.6 Å². The maximum absolute atomic E-state index is 12.7. The van der Waals surface area contributed by atoms with Gasteiger partial charge in [0.2, 0.25) is 0 Å². The number of esters is 1. The summed E-state index contributed by atoms with van der Waals surface area (Å²) in [6, 6.07) is 21.0. The third-order valence-electron chi connectivity index (χ3n) is 5.20. The second-order valence-corrected chi connectivity index (χ2v) is 7.81. The molecule has 4 rings (SSSR count). The summed E-state index contributed by atoms with van der Waals surface area (Å²) in [5, 5.41) is 10.1. The molecule has 6 nitrogen and oxygen atoms in total. The van der Waals surface area contributed by atoms with E-state index in [1.807, 2.05) is 0 Å². The first-order valence-corrected chi connectivity index (χ1v) is 10.4. The van der Waals surface area contributed by atoms with Crippen LogP contribution in [0.2, 0.25) is 5.02 Å². The van der Waals surface area contributed by atoms with E-state index in [0.717, 1.165) is 4.90 Å². The van der Waals surface area contributed by atoms with Crippen LogP contribution in [0, 0.1) is 11.3 Å². The van der Waals surface area contributed by atoms with Crippen molar-refractivity contribution < 1.29 is 19.1 Å². The number of ether oxygens (including phenoxy) is 1. The standard InChI is InChI=1S/C26H17ClN2O4/c1-16(29-24(30)22-10-2-3-11-23(22)25(29)31)26(32)33-21-9-4-6-17(13-21)12-19(15-28)18-7-5-8-20(27)14-18/h2-14,16H,1H3/b19-12-. The molecule has 0 aliphatic carbocycles. The molecule has 0 saturated carbocycles. The fourth-order valence-electron chi connectivity index (χ4n) is 3.54. The van der Waals surface area contributed by atoms with Crippen molar-refractivity contribution in [3.63, 3.8) is 0 Å². The Bertz CT molecular complexity index is 1320. The van der Waals surface area contributed by atoms with Crippen molar-refractivity contribution in [1.82, 2.24) is 4.90 Å². The van der Waals surface area contributed by atoms with Crippen LogP contribution in [0.25, 0.3) is 11.6 Å². The predicted octanol–water partition coefficient (Wildman–Crippen LogP) is 4.99. The highest BCUT2D eigenvalue weighted by Crippen LogP contribution is 2.26. The SMILES string of the molecule is CC(C(=O)Oc1cccc(/C=C(/C#N)c2cccc(Cl)c2)c1)N1C(=O)c2ccccc2C1=O. The molecule has 2 amide bonds. The van der Waals surface area contributed by atoms with Crippen LogP contribution in [0.3, 0.4) is 0 Å². The molecule has 0 aromatic heterocycles. The summed E-state index contributed by atoms with van der Waals surface area (Å²) in [6.07, 6.45) is 1.65. The summed E-state index contributed by atoms with van der Waals surface area (Å²) in [7, 11) is 0. The number of hydrogen-bond acceptors (Lipinski definition) is 5. The lowest BCUT2D eigenvalue weighted by Gasteiger charge is -2.20. The van der Waals surface area contributed by atoms with Crippen LogP contribution >= 0.6 is 11.6 Å². The highest BCUT2D eigenvalue weighted by atomic mass is 35.5. The number of allylic oxidation sites excluding steroid dienone is 1. The molecule has 1 aliphatic rings. The molecule has 33 heavy (non-hydrogen) atoms. The lowest BCUT2D eigenvalue weighted by Crippen LogP contribution is -2.44. The number of fused-ring (bicyclic) bond motifs is 1. The lowest BCUT2D eigenvalue weighted by atomic mass is 10.0. The summed E-state index contributed by atoms with van der Waals surface area (Å²) in [6.45, 7) is 1.45. The van der Waals surface area contributed by atoms with E-state index in [1.165, 1.54) is 6.92 Å². The van der Waals surface area contributed by atoms with E-state index in [0.29, 0.717) is 21.7 Å². The van der Waals surface area contributed by atoms with Gasteiger partial charge in [-0.3, -0.25) is 14.5 Å². The molecule has 0 bridgehead atoms. The highest BCUT2D eigenvalue weighted by molar-refractivity contribution is 6.30. The highest BCUT2D eigenvalue weighted by Gasteiger charge is 2.41. The largest absolute Gasteiger partial charge is 0.425 e. The molecule has 0 fully saturated rings. The summed E-state index contributed by atoms with van der Waals surface area (Å²) >= 11 is 6.02. The van der Waals surface area contributed by atoms with Crippen LogP contribution in [-0.4, -0.2) is 28.7 Å². The first-order chi connectivity index (χ1) is 15.9. The molecule has 3 aromatic rings. The van der Waals surface area contributed by atoms with Gasteiger partial charge in [-0.1, -0.05) is 48.0 Å². The third-order valence-corrected chi connectivity index (χ3v) is 5.43. The molecule has 1 aliphatic heterocycles. The van der Waals surface area contributed by atoms with Gasteiger partial charge in [0, 0.05) is 5.02 Å². The van der Waals surface area contributed by atoms with E-state index < -0.39 is 23.8 Å². The maximum atomic E-state index is 12.7. The molecular formula is C26H17ClN2O4. The molecule has 162 valence electrons. The number of imide groups is 1. The third kappa shape index (κ3) is 4.40. The van der Waals surface area contributed by atoms with Gasteiger partial charge in [-0.15, -0.1) is 0 Å². The number of amides is 2. The summed E-state index contributed by atoms with van der Waals surface area (Å²) < 4.78 is 5.45. The Morgan fingerprint density at radius 3 is 2.30 bits per heavy atom. The number of carbonyl (C=O) groups excluding carboxylic acids is 3. The normalized spacial score (nSPS) is 14.0.